The molecule has 3 aliphatic carbocycles. The molecule has 0 heteroatoms. The molecule has 0 aromatic heterocycles. The molecule has 0 spiro atoms. The summed E-state index contributed by atoms with van der Waals surface area (Å²) in [6, 6.07) is 0. The Balaban J connectivity index is 2.23. The highest BCUT2D eigenvalue weighted by molar-refractivity contribution is 5.16. The molecule has 3 rings (SSSR count). The molecule has 3 fully saturated rings. The molecule has 200 valence electrons. The Bertz CT molecular complexity index is 720. The Hall–Kier alpha value is 0. The van der Waals surface area contributed by atoms with Crippen molar-refractivity contribution in [2.75, 3.05) is 0 Å². The number of hydrogen-bond donors (Lipinski definition) is 0. The highest BCUT2D eigenvalue weighted by atomic mass is 14.7. The molecule has 0 heterocycles. The van der Waals surface area contributed by atoms with E-state index in [0.29, 0.717) is 21.7 Å². The minimum Gasteiger partial charge on any atom is -0.0654 e. The summed E-state index contributed by atoms with van der Waals surface area (Å²) in [5.41, 5.74) is 1.53. The van der Waals surface area contributed by atoms with Gasteiger partial charge in [0.05, 0.1) is 0 Å². The lowest BCUT2D eigenvalue weighted by atomic mass is 9.31. The molecule has 11 atom stereocenters. The summed E-state index contributed by atoms with van der Waals surface area (Å²) in [4.78, 5) is 0. The summed E-state index contributed by atoms with van der Waals surface area (Å²) >= 11 is 0. The standard InChI is InChI=1S/C34H64/c1-17-18-20(4)28-27(19(2)3)31(9,10)29-21(5)25-23(7)33(13,14)34(15,16)24(8)26(25)22(6)30(29)32(28,11)12/h19-30H,17-18H2,1-16H3. The van der Waals surface area contributed by atoms with Gasteiger partial charge in [-0.25, -0.2) is 0 Å². The van der Waals surface area contributed by atoms with Crippen LogP contribution in [-0.2, 0) is 0 Å². The maximum absolute atomic E-state index is 2.72. The van der Waals surface area contributed by atoms with E-state index in [2.05, 4.69) is 111 Å². The fourth-order valence-corrected chi connectivity index (χ4v) is 12.2. The SMILES string of the molecule is CCCC(C)C1C(C(C)C)C(C)(C)C2C(C)C3C(C(C)C2C1(C)C)C(C)C(C)(C)C(C)(C)C3C. The molecule has 0 aromatic carbocycles. The molecule has 0 N–H and O–H groups in total. The predicted molar refractivity (Wildman–Crippen MR) is 152 cm³/mol. The maximum Gasteiger partial charge on any atom is -0.0272 e. The van der Waals surface area contributed by atoms with Gasteiger partial charge in [-0.15, -0.1) is 0 Å². The Morgan fingerprint density at radius 2 is 0.941 bits per heavy atom. The van der Waals surface area contributed by atoms with Crippen molar-refractivity contribution >= 4 is 0 Å². The maximum atomic E-state index is 2.72. The van der Waals surface area contributed by atoms with E-state index in [-0.39, 0.29) is 0 Å². The van der Waals surface area contributed by atoms with Crippen molar-refractivity contribution in [3.05, 3.63) is 0 Å². The van der Waals surface area contributed by atoms with Crippen LogP contribution in [0.15, 0.2) is 0 Å². The lowest BCUT2D eigenvalue weighted by Crippen LogP contribution is -2.68. The molecule has 11 unspecified atom stereocenters. The summed E-state index contributed by atoms with van der Waals surface area (Å²) < 4.78 is 0. The molecule has 0 aromatic rings. The predicted octanol–water partition coefficient (Wildman–Crippen LogP) is 10.5. The van der Waals surface area contributed by atoms with Crippen molar-refractivity contribution in [1.29, 1.82) is 0 Å². The summed E-state index contributed by atoms with van der Waals surface area (Å²) in [7, 11) is 0. The minimum absolute atomic E-state index is 0.373. The van der Waals surface area contributed by atoms with Gasteiger partial charge in [0.15, 0.2) is 0 Å². The Kier molecular flexibility index (Phi) is 7.39. The molecule has 34 heavy (non-hydrogen) atoms. The van der Waals surface area contributed by atoms with Crippen molar-refractivity contribution in [2.24, 2.45) is 92.7 Å². The van der Waals surface area contributed by atoms with Crippen LogP contribution in [0.4, 0.5) is 0 Å². The first-order valence-corrected chi connectivity index (χ1v) is 15.3. The van der Waals surface area contributed by atoms with Crippen LogP contribution in [0.2, 0.25) is 0 Å². The average Bonchev–Trinajstić information content (AvgIpc) is 2.68. The van der Waals surface area contributed by atoms with Crippen LogP contribution in [0, 0.1) is 92.7 Å². The minimum atomic E-state index is 0.373. The number of rotatable bonds is 4. The largest absolute Gasteiger partial charge is 0.0654 e. The fraction of sp³-hybridized carbons (Fsp3) is 1.00. The third-order valence-electron chi connectivity index (χ3n) is 14.2. The van der Waals surface area contributed by atoms with Crippen molar-refractivity contribution in [2.45, 2.75) is 124 Å². The molecule has 3 saturated carbocycles. The molecule has 0 amide bonds. The Morgan fingerprint density at radius 3 is 1.26 bits per heavy atom. The van der Waals surface area contributed by atoms with Gasteiger partial charge in [0, 0.05) is 0 Å². The summed E-state index contributed by atoms with van der Waals surface area (Å²) in [6.07, 6.45) is 2.71. The van der Waals surface area contributed by atoms with Gasteiger partial charge in [0.25, 0.3) is 0 Å². The van der Waals surface area contributed by atoms with Gasteiger partial charge in [-0.05, 0) is 92.7 Å². The van der Waals surface area contributed by atoms with Crippen LogP contribution >= 0.6 is 0 Å². The quantitative estimate of drug-likeness (QED) is 0.381. The highest BCUT2D eigenvalue weighted by Gasteiger charge is 2.69. The molecular weight excluding hydrogens is 408 g/mol. The van der Waals surface area contributed by atoms with Gasteiger partial charge in [-0.2, -0.15) is 0 Å². The molecule has 0 aliphatic heterocycles. The molecule has 0 radical (unpaired) electrons. The van der Waals surface area contributed by atoms with Crippen molar-refractivity contribution in [3.63, 3.8) is 0 Å². The highest BCUT2D eigenvalue weighted by Crippen LogP contribution is 2.74. The van der Waals surface area contributed by atoms with Gasteiger partial charge < -0.3 is 0 Å². The van der Waals surface area contributed by atoms with E-state index in [1.165, 1.54) is 12.8 Å². The van der Waals surface area contributed by atoms with Crippen molar-refractivity contribution in [3.8, 4) is 0 Å². The molecule has 0 saturated heterocycles. The van der Waals surface area contributed by atoms with E-state index < -0.39 is 0 Å². The lowest BCUT2D eigenvalue weighted by molar-refractivity contribution is -0.259. The van der Waals surface area contributed by atoms with Crippen LogP contribution < -0.4 is 0 Å². The first-order valence-electron chi connectivity index (χ1n) is 15.3. The third kappa shape index (κ3) is 3.63. The zero-order chi connectivity index (χ0) is 26.3. The second-order valence-corrected chi connectivity index (χ2v) is 16.6. The van der Waals surface area contributed by atoms with E-state index in [0.717, 1.165) is 71.0 Å². The topological polar surface area (TPSA) is 0 Å². The van der Waals surface area contributed by atoms with Crippen LogP contribution in [-0.4, -0.2) is 0 Å². The zero-order valence-electron chi connectivity index (χ0n) is 26.3. The second kappa shape index (κ2) is 8.79. The number of fused-ring (bicyclic) bond motifs is 2. The van der Waals surface area contributed by atoms with Crippen LogP contribution in [0.3, 0.4) is 0 Å². The molecule has 3 aliphatic rings. The first-order chi connectivity index (χ1) is 15.3. The smallest absolute Gasteiger partial charge is 0.0272 e. The summed E-state index contributed by atoms with van der Waals surface area (Å²) in [5, 5.41) is 0. The van der Waals surface area contributed by atoms with E-state index in [9.17, 15) is 0 Å². The normalized spacial score (nSPS) is 47.6. The van der Waals surface area contributed by atoms with Gasteiger partial charge in [-0.3, -0.25) is 0 Å². The van der Waals surface area contributed by atoms with Gasteiger partial charge in [0.2, 0.25) is 0 Å². The van der Waals surface area contributed by atoms with E-state index >= 15 is 0 Å². The first kappa shape index (κ1) is 28.6. The van der Waals surface area contributed by atoms with Gasteiger partial charge in [-0.1, -0.05) is 124 Å². The second-order valence-electron chi connectivity index (χ2n) is 16.6. The van der Waals surface area contributed by atoms with Crippen LogP contribution in [0.5, 0.6) is 0 Å². The lowest BCUT2D eigenvalue weighted by Gasteiger charge is -2.73. The number of hydrogen-bond acceptors (Lipinski definition) is 0. The Morgan fingerprint density at radius 1 is 0.588 bits per heavy atom. The molecule has 0 nitrogen and oxygen atoms in total. The zero-order valence-corrected chi connectivity index (χ0v) is 26.3. The monoisotopic (exact) mass is 473 g/mol. The average molecular weight is 473 g/mol. The van der Waals surface area contributed by atoms with Crippen molar-refractivity contribution < 1.29 is 0 Å². The van der Waals surface area contributed by atoms with Crippen LogP contribution in [0.25, 0.3) is 0 Å². The fourth-order valence-electron chi connectivity index (χ4n) is 12.2. The summed E-state index contributed by atoms with van der Waals surface area (Å²) in [6.45, 7) is 42.1. The third-order valence-corrected chi connectivity index (χ3v) is 14.2. The van der Waals surface area contributed by atoms with E-state index in [4.69, 9.17) is 0 Å². The molecule has 0 bridgehead atoms. The van der Waals surface area contributed by atoms with Gasteiger partial charge in [0.1, 0.15) is 0 Å². The van der Waals surface area contributed by atoms with E-state index in [1.54, 1.807) is 0 Å². The van der Waals surface area contributed by atoms with Crippen LogP contribution in [0.1, 0.15) is 124 Å². The van der Waals surface area contributed by atoms with E-state index in [1.807, 2.05) is 0 Å². The van der Waals surface area contributed by atoms with Gasteiger partial charge >= 0.3 is 0 Å². The Labute approximate surface area is 216 Å². The molecular formula is C34H64. The summed E-state index contributed by atoms with van der Waals surface area (Å²) in [5.74, 6) is 9.67. The van der Waals surface area contributed by atoms with Crippen molar-refractivity contribution in [1.82, 2.24) is 0 Å².